The number of hydrogen-bond donors (Lipinski definition) is 1. The van der Waals surface area contributed by atoms with Gasteiger partial charge in [-0.3, -0.25) is 0 Å². The van der Waals surface area contributed by atoms with E-state index in [4.69, 9.17) is 0 Å². The standard InChI is InChI=1S/C15H22N2/c1-17-10-7-13-3-2-4-14(15(13)17)11-12-5-8-16-9-6-12/h2-4,12,16H,5-11H2,1H3. The third-order valence-electron chi connectivity index (χ3n) is 4.27. The molecule has 1 saturated heterocycles. The van der Waals surface area contributed by atoms with Crippen molar-refractivity contribution in [3.63, 3.8) is 0 Å². The van der Waals surface area contributed by atoms with Gasteiger partial charge in [-0.1, -0.05) is 18.2 Å². The first kappa shape index (κ1) is 11.1. The van der Waals surface area contributed by atoms with E-state index < -0.39 is 0 Å². The lowest BCUT2D eigenvalue weighted by Gasteiger charge is -2.25. The maximum Gasteiger partial charge on any atom is 0.0429 e. The molecular formula is C15H22N2. The van der Waals surface area contributed by atoms with Crippen LogP contribution in [0.15, 0.2) is 18.2 Å². The Bertz CT molecular complexity index is 394. The lowest BCUT2D eigenvalue weighted by molar-refractivity contribution is 0.373. The summed E-state index contributed by atoms with van der Waals surface area (Å²) < 4.78 is 0. The number of para-hydroxylation sites is 1. The van der Waals surface area contributed by atoms with Gasteiger partial charge in [-0.2, -0.15) is 0 Å². The van der Waals surface area contributed by atoms with Gasteiger partial charge in [0.05, 0.1) is 0 Å². The minimum atomic E-state index is 0.886. The Morgan fingerprint density at radius 3 is 2.94 bits per heavy atom. The van der Waals surface area contributed by atoms with Gasteiger partial charge in [-0.05, 0) is 55.8 Å². The topological polar surface area (TPSA) is 15.3 Å². The highest BCUT2D eigenvalue weighted by Crippen LogP contribution is 2.33. The van der Waals surface area contributed by atoms with E-state index in [1.54, 1.807) is 11.1 Å². The number of nitrogens with zero attached hydrogens (tertiary/aromatic N) is 1. The number of piperidine rings is 1. The summed E-state index contributed by atoms with van der Waals surface area (Å²) in [5.74, 6) is 0.886. The van der Waals surface area contributed by atoms with E-state index in [1.807, 2.05) is 0 Å². The highest BCUT2D eigenvalue weighted by atomic mass is 15.1. The first-order chi connectivity index (χ1) is 8.34. The smallest absolute Gasteiger partial charge is 0.0429 e. The average molecular weight is 230 g/mol. The molecule has 92 valence electrons. The molecule has 0 bridgehead atoms. The Kier molecular flexibility index (Phi) is 3.06. The number of rotatable bonds is 2. The summed E-state index contributed by atoms with van der Waals surface area (Å²) >= 11 is 0. The Labute approximate surface area is 104 Å². The average Bonchev–Trinajstić information content (AvgIpc) is 2.74. The predicted octanol–water partition coefficient (Wildman–Crippen LogP) is 2.22. The molecule has 0 amide bonds. The van der Waals surface area contributed by atoms with Crippen LogP contribution in [0.3, 0.4) is 0 Å². The quantitative estimate of drug-likeness (QED) is 0.838. The van der Waals surface area contributed by atoms with Crippen LogP contribution in [0.4, 0.5) is 5.69 Å². The van der Waals surface area contributed by atoms with Crippen molar-refractivity contribution in [1.82, 2.24) is 5.32 Å². The van der Waals surface area contributed by atoms with Crippen molar-refractivity contribution >= 4 is 5.69 Å². The summed E-state index contributed by atoms with van der Waals surface area (Å²) in [6.45, 7) is 3.60. The fourth-order valence-corrected chi connectivity index (χ4v) is 3.30. The molecule has 1 aromatic carbocycles. The van der Waals surface area contributed by atoms with Crippen LogP contribution in [0.1, 0.15) is 24.0 Å². The van der Waals surface area contributed by atoms with E-state index in [-0.39, 0.29) is 0 Å². The van der Waals surface area contributed by atoms with Crippen molar-refractivity contribution in [1.29, 1.82) is 0 Å². The van der Waals surface area contributed by atoms with E-state index in [0.29, 0.717) is 0 Å². The predicted molar refractivity (Wildman–Crippen MR) is 72.7 cm³/mol. The van der Waals surface area contributed by atoms with Gasteiger partial charge in [-0.25, -0.2) is 0 Å². The first-order valence-corrected chi connectivity index (χ1v) is 6.87. The Hall–Kier alpha value is -1.02. The fraction of sp³-hybridized carbons (Fsp3) is 0.600. The summed E-state index contributed by atoms with van der Waals surface area (Å²) in [4.78, 5) is 2.44. The van der Waals surface area contributed by atoms with E-state index in [9.17, 15) is 0 Å². The van der Waals surface area contributed by atoms with E-state index in [0.717, 1.165) is 5.92 Å². The lowest BCUT2D eigenvalue weighted by Crippen LogP contribution is -2.29. The van der Waals surface area contributed by atoms with Crippen LogP contribution >= 0.6 is 0 Å². The van der Waals surface area contributed by atoms with Crippen LogP contribution in [-0.4, -0.2) is 26.7 Å². The van der Waals surface area contributed by atoms with Gasteiger partial charge < -0.3 is 10.2 Å². The van der Waals surface area contributed by atoms with E-state index in [2.05, 4.69) is 35.5 Å². The minimum absolute atomic E-state index is 0.886. The number of fused-ring (bicyclic) bond motifs is 1. The molecule has 2 heteroatoms. The molecule has 0 unspecified atom stereocenters. The molecule has 0 spiro atoms. The molecule has 2 heterocycles. The Morgan fingerprint density at radius 1 is 1.29 bits per heavy atom. The normalized spacial score (nSPS) is 20.6. The number of anilines is 1. The SMILES string of the molecule is CN1CCc2cccc(CC3CCNCC3)c21. The second-order valence-corrected chi connectivity index (χ2v) is 5.49. The molecule has 0 saturated carbocycles. The number of hydrogen-bond acceptors (Lipinski definition) is 2. The molecular weight excluding hydrogens is 208 g/mol. The summed E-state index contributed by atoms with van der Waals surface area (Å²) in [6.07, 6.45) is 5.18. The zero-order valence-electron chi connectivity index (χ0n) is 10.7. The van der Waals surface area contributed by atoms with E-state index >= 15 is 0 Å². The molecule has 0 radical (unpaired) electrons. The van der Waals surface area contributed by atoms with Crippen LogP contribution in [0.5, 0.6) is 0 Å². The summed E-state index contributed by atoms with van der Waals surface area (Å²) in [7, 11) is 2.23. The zero-order chi connectivity index (χ0) is 11.7. The second kappa shape index (κ2) is 4.69. The molecule has 1 N–H and O–H groups in total. The van der Waals surface area contributed by atoms with Crippen LogP contribution in [0, 0.1) is 5.92 Å². The van der Waals surface area contributed by atoms with Crippen molar-refractivity contribution in [3.8, 4) is 0 Å². The summed E-state index contributed by atoms with van der Waals surface area (Å²) in [5.41, 5.74) is 4.67. The van der Waals surface area contributed by atoms with Crippen LogP contribution < -0.4 is 10.2 Å². The van der Waals surface area contributed by atoms with Crippen LogP contribution in [0.25, 0.3) is 0 Å². The van der Waals surface area contributed by atoms with Gasteiger partial charge in [0.1, 0.15) is 0 Å². The van der Waals surface area contributed by atoms with Gasteiger partial charge in [0.25, 0.3) is 0 Å². The third kappa shape index (κ3) is 2.19. The molecule has 0 aliphatic carbocycles. The highest BCUT2D eigenvalue weighted by molar-refractivity contribution is 5.63. The Balaban J connectivity index is 1.81. The first-order valence-electron chi connectivity index (χ1n) is 6.87. The van der Waals surface area contributed by atoms with Crippen molar-refractivity contribution in [2.45, 2.75) is 25.7 Å². The van der Waals surface area contributed by atoms with Crippen LogP contribution in [-0.2, 0) is 12.8 Å². The molecule has 0 atom stereocenters. The summed E-state index contributed by atoms with van der Waals surface area (Å²) in [6, 6.07) is 6.88. The van der Waals surface area contributed by atoms with Crippen molar-refractivity contribution in [3.05, 3.63) is 29.3 Å². The van der Waals surface area contributed by atoms with E-state index in [1.165, 1.54) is 51.0 Å². The van der Waals surface area contributed by atoms with Gasteiger partial charge in [0, 0.05) is 19.3 Å². The van der Waals surface area contributed by atoms with Gasteiger partial charge >= 0.3 is 0 Å². The number of benzene rings is 1. The maximum atomic E-state index is 3.45. The minimum Gasteiger partial charge on any atom is -0.374 e. The molecule has 1 aromatic rings. The number of nitrogens with one attached hydrogen (secondary N) is 1. The largest absolute Gasteiger partial charge is 0.374 e. The maximum absolute atomic E-state index is 3.45. The van der Waals surface area contributed by atoms with Crippen LogP contribution in [0.2, 0.25) is 0 Å². The lowest BCUT2D eigenvalue weighted by atomic mass is 9.89. The zero-order valence-corrected chi connectivity index (χ0v) is 10.7. The molecule has 2 nitrogen and oxygen atoms in total. The number of likely N-dealkylation sites (N-methyl/N-ethyl adjacent to an activating group) is 1. The monoisotopic (exact) mass is 230 g/mol. The molecule has 2 aliphatic rings. The molecule has 0 aromatic heterocycles. The van der Waals surface area contributed by atoms with Gasteiger partial charge in [0.15, 0.2) is 0 Å². The highest BCUT2D eigenvalue weighted by Gasteiger charge is 2.21. The van der Waals surface area contributed by atoms with Gasteiger partial charge in [0.2, 0.25) is 0 Å². The van der Waals surface area contributed by atoms with Crippen molar-refractivity contribution < 1.29 is 0 Å². The Morgan fingerprint density at radius 2 is 2.12 bits per heavy atom. The van der Waals surface area contributed by atoms with Crippen molar-refractivity contribution in [2.24, 2.45) is 5.92 Å². The van der Waals surface area contributed by atoms with Gasteiger partial charge in [-0.15, -0.1) is 0 Å². The summed E-state index contributed by atoms with van der Waals surface area (Å²) in [5, 5.41) is 3.45. The second-order valence-electron chi connectivity index (χ2n) is 5.49. The van der Waals surface area contributed by atoms with Crippen molar-refractivity contribution in [2.75, 3.05) is 31.6 Å². The molecule has 2 aliphatic heterocycles. The molecule has 1 fully saturated rings. The fourth-order valence-electron chi connectivity index (χ4n) is 3.30. The third-order valence-corrected chi connectivity index (χ3v) is 4.27. The molecule has 3 rings (SSSR count). The molecule has 17 heavy (non-hydrogen) atoms.